The first-order valence-electron chi connectivity index (χ1n) is 8.26. The number of allylic oxidation sites excluding steroid dienone is 1. The van der Waals surface area contributed by atoms with Gasteiger partial charge in [0.25, 0.3) is 0 Å². The lowest BCUT2D eigenvalue weighted by atomic mass is 10.1. The minimum atomic E-state index is -0.847. The van der Waals surface area contributed by atoms with E-state index in [4.69, 9.17) is 5.11 Å². The Morgan fingerprint density at radius 3 is 2.24 bits per heavy atom. The number of amides is 1. The minimum Gasteiger partial charge on any atom is -0.481 e. The van der Waals surface area contributed by atoms with Crippen LogP contribution in [-0.4, -0.2) is 35.0 Å². The summed E-state index contributed by atoms with van der Waals surface area (Å²) in [6, 6.07) is 0. The van der Waals surface area contributed by atoms with E-state index in [0.717, 1.165) is 19.3 Å². The molecule has 4 heteroatoms. The summed E-state index contributed by atoms with van der Waals surface area (Å²) in [5, 5.41) is 8.78. The van der Waals surface area contributed by atoms with Crippen LogP contribution >= 0.6 is 0 Å². The molecule has 122 valence electrons. The van der Waals surface area contributed by atoms with Crippen molar-refractivity contribution in [2.24, 2.45) is 0 Å². The van der Waals surface area contributed by atoms with Crippen LogP contribution in [0.3, 0.4) is 0 Å². The maximum Gasteiger partial charge on any atom is 0.305 e. The molecule has 0 radical (unpaired) electrons. The molecule has 0 aliphatic carbocycles. The third-order valence-electron chi connectivity index (χ3n) is 3.42. The lowest BCUT2D eigenvalue weighted by Gasteiger charge is -2.21. The SMILES string of the molecule is CC/C=C/CC(=O)N(CCCCCCCC)CCC(=O)O. The van der Waals surface area contributed by atoms with Crippen LogP contribution in [0.25, 0.3) is 0 Å². The highest BCUT2D eigenvalue weighted by Gasteiger charge is 2.13. The van der Waals surface area contributed by atoms with Gasteiger partial charge < -0.3 is 10.0 Å². The zero-order valence-electron chi connectivity index (χ0n) is 13.6. The predicted molar refractivity (Wildman–Crippen MR) is 86.3 cm³/mol. The highest BCUT2D eigenvalue weighted by molar-refractivity contribution is 5.78. The molecule has 0 aliphatic heterocycles. The molecule has 0 rings (SSSR count). The number of carbonyl (C=O) groups excluding carboxylic acids is 1. The number of carboxylic acid groups (broad SMARTS) is 1. The van der Waals surface area contributed by atoms with Gasteiger partial charge in [-0.15, -0.1) is 0 Å². The van der Waals surface area contributed by atoms with Crippen LogP contribution in [0.5, 0.6) is 0 Å². The van der Waals surface area contributed by atoms with Crippen molar-refractivity contribution < 1.29 is 14.7 Å². The van der Waals surface area contributed by atoms with E-state index in [1.807, 2.05) is 19.1 Å². The molecule has 0 saturated heterocycles. The maximum atomic E-state index is 12.1. The van der Waals surface area contributed by atoms with Crippen LogP contribution in [0.4, 0.5) is 0 Å². The van der Waals surface area contributed by atoms with E-state index in [9.17, 15) is 9.59 Å². The van der Waals surface area contributed by atoms with Crippen molar-refractivity contribution in [1.29, 1.82) is 0 Å². The van der Waals surface area contributed by atoms with Crippen molar-refractivity contribution in [2.75, 3.05) is 13.1 Å². The summed E-state index contributed by atoms with van der Waals surface area (Å²) >= 11 is 0. The second-order valence-electron chi connectivity index (χ2n) is 5.38. The van der Waals surface area contributed by atoms with Crippen molar-refractivity contribution in [1.82, 2.24) is 4.90 Å². The van der Waals surface area contributed by atoms with Gasteiger partial charge in [-0.25, -0.2) is 0 Å². The monoisotopic (exact) mass is 297 g/mol. The fourth-order valence-electron chi connectivity index (χ4n) is 2.15. The van der Waals surface area contributed by atoms with E-state index in [1.165, 1.54) is 25.7 Å². The quantitative estimate of drug-likeness (QED) is 0.413. The largest absolute Gasteiger partial charge is 0.481 e. The molecule has 0 aromatic carbocycles. The molecule has 1 N–H and O–H groups in total. The van der Waals surface area contributed by atoms with E-state index in [2.05, 4.69) is 6.92 Å². The fourth-order valence-corrected chi connectivity index (χ4v) is 2.15. The molecule has 0 heterocycles. The van der Waals surface area contributed by atoms with E-state index in [1.54, 1.807) is 4.90 Å². The molecule has 0 unspecified atom stereocenters. The maximum absolute atomic E-state index is 12.1. The van der Waals surface area contributed by atoms with Gasteiger partial charge in [0.05, 0.1) is 6.42 Å². The summed E-state index contributed by atoms with van der Waals surface area (Å²) in [4.78, 5) is 24.5. The zero-order valence-corrected chi connectivity index (χ0v) is 13.6. The molecule has 1 amide bonds. The molecular formula is C17H31NO3. The Balaban J connectivity index is 4.09. The first-order chi connectivity index (χ1) is 10.1. The molecule has 4 nitrogen and oxygen atoms in total. The van der Waals surface area contributed by atoms with Gasteiger partial charge in [0.15, 0.2) is 0 Å². The van der Waals surface area contributed by atoms with Gasteiger partial charge in [0, 0.05) is 19.5 Å². The lowest BCUT2D eigenvalue weighted by Crippen LogP contribution is -2.33. The molecule has 0 aromatic rings. The molecule has 0 atom stereocenters. The summed E-state index contributed by atoms with van der Waals surface area (Å²) < 4.78 is 0. The van der Waals surface area contributed by atoms with E-state index in [0.29, 0.717) is 19.5 Å². The number of unbranched alkanes of at least 4 members (excludes halogenated alkanes) is 5. The van der Waals surface area contributed by atoms with Gasteiger partial charge in [-0.1, -0.05) is 58.1 Å². The Morgan fingerprint density at radius 1 is 0.952 bits per heavy atom. The zero-order chi connectivity index (χ0) is 15.9. The first-order valence-corrected chi connectivity index (χ1v) is 8.26. The number of hydrogen-bond acceptors (Lipinski definition) is 2. The summed E-state index contributed by atoms with van der Waals surface area (Å²) in [5.41, 5.74) is 0. The number of nitrogens with zero attached hydrogens (tertiary/aromatic N) is 1. The second kappa shape index (κ2) is 13.7. The van der Waals surface area contributed by atoms with Gasteiger partial charge in [-0.05, 0) is 12.8 Å². The Bertz CT molecular complexity index is 313. The third-order valence-corrected chi connectivity index (χ3v) is 3.42. The van der Waals surface area contributed by atoms with Crippen LogP contribution < -0.4 is 0 Å². The number of aliphatic carboxylic acids is 1. The van der Waals surface area contributed by atoms with Crippen molar-refractivity contribution in [3.05, 3.63) is 12.2 Å². The second-order valence-corrected chi connectivity index (χ2v) is 5.38. The van der Waals surface area contributed by atoms with Crippen molar-refractivity contribution >= 4 is 11.9 Å². The number of hydrogen-bond donors (Lipinski definition) is 1. The minimum absolute atomic E-state index is 0.0269. The van der Waals surface area contributed by atoms with E-state index >= 15 is 0 Å². The molecule has 0 fully saturated rings. The average molecular weight is 297 g/mol. The van der Waals surface area contributed by atoms with Crippen molar-refractivity contribution in [2.45, 2.75) is 71.6 Å². The van der Waals surface area contributed by atoms with Crippen LogP contribution in [0.15, 0.2) is 12.2 Å². The first kappa shape index (κ1) is 19.7. The smallest absolute Gasteiger partial charge is 0.305 e. The molecule has 0 spiro atoms. The predicted octanol–water partition coefficient (Wildman–Crippen LogP) is 4.01. The van der Waals surface area contributed by atoms with Crippen LogP contribution in [0.2, 0.25) is 0 Å². The van der Waals surface area contributed by atoms with Gasteiger partial charge >= 0.3 is 5.97 Å². The van der Waals surface area contributed by atoms with Gasteiger partial charge in [0.2, 0.25) is 5.91 Å². The molecule has 0 aromatic heterocycles. The Kier molecular flexibility index (Phi) is 12.8. The highest BCUT2D eigenvalue weighted by Crippen LogP contribution is 2.07. The van der Waals surface area contributed by atoms with Crippen molar-refractivity contribution in [3.8, 4) is 0 Å². The molecule has 0 saturated carbocycles. The van der Waals surface area contributed by atoms with Crippen LogP contribution in [-0.2, 0) is 9.59 Å². The number of carboxylic acids is 1. The molecule has 0 bridgehead atoms. The summed E-state index contributed by atoms with van der Waals surface area (Å²) in [5.74, 6) is -0.811. The Labute approximate surface area is 129 Å². The van der Waals surface area contributed by atoms with Crippen molar-refractivity contribution in [3.63, 3.8) is 0 Å². The van der Waals surface area contributed by atoms with Gasteiger partial charge in [0.1, 0.15) is 0 Å². The van der Waals surface area contributed by atoms with Crippen LogP contribution in [0.1, 0.15) is 71.6 Å². The average Bonchev–Trinajstić information content (AvgIpc) is 2.45. The summed E-state index contributed by atoms with van der Waals surface area (Å²) in [6.07, 6.45) is 12.2. The summed E-state index contributed by atoms with van der Waals surface area (Å²) in [6.45, 7) is 5.22. The Morgan fingerprint density at radius 2 is 1.62 bits per heavy atom. The van der Waals surface area contributed by atoms with Crippen LogP contribution in [0, 0.1) is 0 Å². The standard InChI is InChI=1S/C17H31NO3/c1-3-5-7-8-9-11-14-18(15-13-17(20)21)16(19)12-10-6-4-2/h6,10H,3-5,7-9,11-15H2,1-2H3,(H,20,21)/b10-6+. The summed E-state index contributed by atoms with van der Waals surface area (Å²) in [7, 11) is 0. The highest BCUT2D eigenvalue weighted by atomic mass is 16.4. The molecular weight excluding hydrogens is 266 g/mol. The number of carbonyl (C=O) groups is 2. The lowest BCUT2D eigenvalue weighted by molar-refractivity contribution is -0.138. The fraction of sp³-hybridized carbons (Fsp3) is 0.765. The normalized spacial score (nSPS) is 11.0. The van der Waals surface area contributed by atoms with E-state index in [-0.39, 0.29) is 12.3 Å². The van der Waals surface area contributed by atoms with E-state index < -0.39 is 5.97 Å². The van der Waals surface area contributed by atoms with Gasteiger partial charge in [-0.2, -0.15) is 0 Å². The van der Waals surface area contributed by atoms with Gasteiger partial charge in [-0.3, -0.25) is 9.59 Å². The Hall–Kier alpha value is -1.32. The third kappa shape index (κ3) is 12.2. The topological polar surface area (TPSA) is 57.6 Å². The number of rotatable bonds is 13. The molecule has 0 aliphatic rings. The molecule has 21 heavy (non-hydrogen) atoms.